The molecule has 3 heterocycles. The SMILES string of the molecule is CCOc1cc(-c2ccccc2)sc1C(=O)N1CC[C@@H]2CNC[C@@H]2CC1. The van der Waals surface area contributed by atoms with Crippen LogP contribution in [-0.4, -0.2) is 43.6 Å². The van der Waals surface area contributed by atoms with Gasteiger partial charge in [-0.25, -0.2) is 0 Å². The normalized spacial score (nSPS) is 22.7. The molecular weight excluding hydrogens is 344 g/mol. The molecule has 1 aromatic carbocycles. The van der Waals surface area contributed by atoms with E-state index >= 15 is 0 Å². The number of nitrogens with zero attached hydrogens (tertiary/aromatic N) is 1. The Balaban J connectivity index is 1.57. The van der Waals surface area contributed by atoms with Gasteiger partial charge >= 0.3 is 0 Å². The van der Waals surface area contributed by atoms with E-state index in [9.17, 15) is 4.79 Å². The minimum Gasteiger partial charge on any atom is -0.492 e. The maximum Gasteiger partial charge on any atom is 0.267 e. The fourth-order valence-electron chi connectivity index (χ4n) is 4.10. The van der Waals surface area contributed by atoms with Crippen LogP contribution in [0.2, 0.25) is 0 Å². The average Bonchev–Trinajstić information content (AvgIpc) is 3.25. The first kappa shape index (κ1) is 17.6. The van der Waals surface area contributed by atoms with Crippen LogP contribution in [-0.2, 0) is 0 Å². The predicted molar refractivity (Wildman–Crippen MR) is 106 cm³/mol. The molecule has 0 bridgehead atoms. The molecule has 0 aliphatic carbocycles. The van der Waals surface area contributed by atoms with Crippen LogP contribution in [0.5, 0.6) is 5.75 Å². The van der Waals surface area contributed by atoms with E-state index in [2.05, 4.69) is 17.4 Å². The van der Waals surface area contributed by atoms with Crippen molar-refractivity contribution in [1.29, 1.82) is 0 Å². The number of likely N-dealkylation sites (tertiary alicyclic amines) is 1. The van der Waals surface area contributed by atoms with E-state index in [-0.39, 0.29) is 5.91 Å². The number of thiophene rings is 1. The number of amides is 1. The Hall–Kier alpha value is -1.85. The fraction of sp³-hybridized carbons (Fsp3) is 0.476. The Bertz CT molecular complexity index is 745. The number of hydrogen-bond acceptors (Lipinski definition) is 4. The predicted octanol–water partition coefficient (Wildman–Crippen LogP) is 3.89. The van der Waals surface area contributed by atoms with Crippen molar-refractivity contribution in [3.05, 3.63) is 41.3 Å². The molecule has 4 nitrogen and oxygen atoms in total. The van der Waals surface area contributed by atoms with Gasteiger partial charge in [0.2, 0.25) is 0 Å². The van der Waals surface area contributed by atoms with Gasteiger partial charge < -0.3 is 15.0 Å². The first-order valence-corrected chi connectivity index (χ1v) is 10.4. The summed E-state index contributed by atoms with van der Waals surface area (Å²) in [7, 11) is 0. The summed E-state index contributed by atoms with van der Waals surface area (Å²) in [5.74, 6) is 2.31. The summed E-state index contributed by atoms with van der Waals surface area (Å²) in [6.45, 7) is 6.45. The Kier molecular flexibility index (Phi) is 5.27. The van der Waals surface area contributed by atoms with E-state index in [0.717, 1.165) is 71.9 Å². The Labute approximate surface area is 159 Å². The van der Waals surface area contributed by atoms with Crippen molar-refractivity contribution in [2.75, 3.05) is 32.8 Å². The third kappa shape index (κ3) is 3.51. The van der Waals surface area contributed by atoms with E-state index < -0.39 is 0 Å². The standard InChI is InChI=1S/C21H26N2O2S/c1-2-25-18-12-19(15-6-4-3-5-7-15)26-20(18)21(24)23-10-8-16-13-22-14-17(16)9-11-23/h3-7,12,16-17,22H,2,8-11,13-14H2,1H3/t16-,17+. The average molecular weight is 371 g/mol. The largest absolute Gasteiger partial charge is 0.492 e. The Morgan fingerprint density at radius 2 is 1.88 bits per heavy atom. The first-order valence-electron chi connectivity index (χ1n) is 9.58. The van der Waals surface area contributed by atoms with E-state index in [0.29, 0.717) is 6.61 Å². The van der Waals surface area contributed by atoms with Crippen molar-refractivity contribution in [2.45, 2.75) is 19.8 Å². The van der Waals surface area contributed by atoms with E-state index in [1.165, 1.54) is 0 Å². The van der Waals surface area contributed by atoms with Gasteiger partial charge in [0.25, 0.3) is 5.91 Å². The zero-order valence-corrected chi connectivity index (χ0v) is 16.1. The first-order chi connectivity index (χ1) is 12.8. The lowest BCUT2D eigenvalue weighted by Gasteiger charge is -2.20. The van der Waals surface area contributed by atoms with Gasteiger partial charge in [-0.3, -0.25) is 4.79 Å². The summed E-state index contributed by atoms with van der Waals surface area (Å²) in [5, 5.41) is 3.49. The second-order valence-corrected chi connectivity index (χ2v) is 8.20. The molecule has 4 rings (SSSR count). The summed E-state index contributed by atoms with van der Waals surface area (Å²) in [6, 6.07) is 12.2. The lowest BCUT2D eigenvalue weighted by atomic mass is 9.92. The van der Waals surface area contributed by atoms with Crippen LogP contribution < -0.4 is 10.1 Å². The number of ether oxygens (including phenoxy) is 1. The number of benzene rings is 1. The summed E-state index contributed by atoms with van der Waals surface area (Å²) >= 11 is 1.55. The highest BCUT2D eigenvalue weighted by atomic mass is 32.1. The van der Waals surface area contributed by atoms with Gasteiger partial charge in [0.15, 0.2) is 0 Å². The molecule has 2 aliphatic heterocycles. The molecular formula is C21H26N2O2S. The van der Waals surface area contributed by atoms with Gasteiger partial charge in [0.05, 0.1) is 6.61 Å². The molecule has 1 aromatic heterocycles. The molecule has 138 valence electrons. The van der Waals surface area contributed by atoms with Crippen molar-refractivity contribution in [3.8, 4) is 16.2 Å². The highest BCUT2D eigenvalue weighted by Gasteiger charge is 2.33. The number of rotatable bonds is 4. The molecule has 1 N–H and O–H groups in total. The Morgan fingerprint density at radius 1 is 1.19 bits per heavy atom. The van der Waals surface area contributed by atoms with Gasteiger partial charge in [0, 0.05) is 18.0 Å². The van der Waals surface area contributed by atoms with Crippen LogP contribution in [0, 0.1) is 11.8 Å². The van der Waals surface area contributed by atoms with Gasteiger partial charge in [0.1, 0.15) is 10.6 Å². The molecule has 0 unspecified atom stereocenters. The number of carbonyl (C=O) groups is 1. The molecule has 5 heteroatoms. The van der Waals surface area contributed by atoms with Gasteiger partial charge in [-0.2, -0.15) is 0 Å². The van der Waals surface area contributed by atoms with Crippen molar-refractivity contribution in [1.82, 2.24) is 10.2 Å². The summed E-state index contributed by atoms with van der Waals surface area (Å²) < 4.78 is 5.81. The van der Waals surface area contributed by atoms with Crippen LogP contribution in [0.1, 0.15) is 29.4 Å². The van der Waals surface area contributed by atoms with Gasteiger partial charge in [-0.05, 0) is 56.3 Å². The fourth-order valence-corrected chi connectivity index (χ4v) is 5.17. The topological polar surface area (TPSA) is 41.6 Å². The quantitative estimate of drug-likeness (QED) is 0.888. The second-order valence-electron chi connectivity index (χ2n) is 7.15. The maximum atomic E-state index is 13.3. The molecule has 2 saturated heterocycles. The smallest absolute Gasteiger partial charge is 0.267 e. The molecule has 26 heavy (non-hydrogen) atoms. The summed E-state index contributed by atoms with van der Waals surface area (Å²) in [4.78, 5) is 17.1. The zero-order chi connectivity index (χ0) is 17.9. The third-order valence-corrected chi connectivity index (χ3v) is 6.71. The minimum atomic E-state index is 0.133. The van der Waals surface area contributed by atoms with E-state index in [1.54, 1.807) is 11.3 Å². The Morgan fingerprint density at radius 3 is 2.54 bits per heavy atom. The van der Waals surface area contributed by atoms with Crippen molar-refractivity contribution in [3.63, 3.8) is 0 Å². The van der Waals surface area contributed by atoms with Crippen LogP contribution in [0.3, 0.4) is 0 Å². The number of hydrogen-bond donors (Lipinski definition) is 1. The molecule has 1 amide bonds. The van der Waals surface area contributed by atoms with E-state index in [1.807, 2.05) is 36.1 Å². The van der Waals surface area contributed by atoms with Crippen molar-refractivity contribution in [2.24, 2.45) is 11.8 Å². The minimum absolute atomic E-state index is 0.133. The third-order valence-electron chi connectivity index (χ3n) is 5.56. The molecule has 0 spiro atoms. The lowest BCUT2D eigenvalue weighted by molar-refractivity contribution is 0.0759. The zero-order valence-electron chi connectivity index (χ0n) is 15.2. The van der Waals surface area contributed by atoms with Gasteiger partial charge in [-0.15, -0.1) is 11.3 Å². The molecule has 0 radical (unpaired) electrons. The van der Waals surface area contributed by atoms with Gasteiger partial charge in [-0.1, -0.05) is 30.3 Å². The van der Waals surface area contributed by atoms with Crippen LogP contribution in [0.25, 0.3) is 10.4 Å². The summed E-state index contributed by atoms with van der Waals surface area (Å²) in [5.41, 5.74) is 1.13. The monoisotopic (exact) mass is 370 g/mol. The maximum absolute atomic E-state index is 13.3. The molecule has 2 fully saturated rings. The highest BCUT2D eigenvalue weighted by Crippen LogP contribution is 2.38. The highest BCUT2D eigenvalue weighted by molar-refractivity contribution is 7.17. The van der Waals surface area contributed by atoms with Crippen molar-refractivity contribution >= 4 is 17.2 Å². The van der Waals surface area contributed by atoms with Crippen LogP contribution in [0.15, 0.2) is 36.4 Å². The molecule has 2 atom stereocenters. The molecule has 0 saturated carbocycles. The number of nitrogens with one attached hydrogen (secondary N) is 1. The summed E-state index contributed by atoms with van der Waals surface area (Å²) in [6.07, 6.45) is 2.20. The molecule has 2 aromatic rings. The van der Waals surface area contributed by atoms with E-state index in [4.69, 9.17) is 4.74 Å². The number of carbonyl (C=O) groups excluding carboxylic acids is 1. The van der Waals surface area contributed by atoms with Crippen LogP contribution >= 0.6 is 11.3 Å². The number of fused-ring (bicyclic) bond motifs is 1. The lowest BCUT2D eigenvalue weighted by Crippen LogP contribution is -2.32. The van der Waals surface area contributed by atoms with Crippen LogP contribution in [0.4, 0.5) is 0 Å². The molecule has 2 aliphatic rings. The second kappa shape index (κ2) is 7.80. The van der Waals surface area contributed by atoms with Crippen molar-refractivity contribution < 1.29 is 9.53 Å².